The number of nitrogens with two attached hydrogens (primary N) is 1. The highest BCUT2D eigenvalue weighted by atomic mass is 32.2. The van der Waals surface area contributed by atoms with Crippen LogP contribution in [0.15, 0.2) is 0 Å². The zero-order valence-corrected chi connectivity index (χ0v) is 7.69. The number of thioether (sulfide) groups is 1. The van der Waals surface area contributed by atoms with Crippen molar-refractivity contribution < 1.29 is 9.59 Å². The second kappa shape index (κ2) is 3.91. The van der Waals surface area contributed by atoms with Crippen molar-refractivity contribution in [2.24, 2.45) is 5.73 Å². The van der Waals surface area contributed by atoms with Crippen molar-refractivity contribution in [2.75, 3.05) is 6.54 Å². The molecule has 1 heterocycles. The van der Waals surface area contributed by atoms with E-state index in [4.69, 9.17) is 5.73 Å². The van der Waals surface area contributed by atoms with Crippen molar-refractivity contribution in [3.63, 3.8) is 0 Å². The van der Waals surface area contributed by atoms with Gasteiger partial charge in [-0.1, -0.05) is 11.8 Å². The minimum absolute atomic E-state index is 0.0897. The smallest absolute Gasteiger partial charge is 0.234 e. The lowest BCUT2D eigenvalue weighted by atomic mass is 10.2. The molecule has 1 rings (SSSR count). The second-order valence-electron chi connectivity index (χ2n) is 2.83. The monoisotopic (exact) mass is 188 g/mol. The molecule has 0 spiro atoms. The summed E-state index contributed by atoms with van der Waals surface area (Å²) in [6, 6.07) is -0.248. The van der Waals surface area contributed by atoms with E-state index >= 15 is 0 Å². The molecule has 4 nitrogen and oxygen atoms in total. The number of rotatable bonds is 2. The Hall–Kier alpha value is -0.550. The maximum atomic E-state index is 10.7. The van der Waals surface area contributed by atoms with Crippen LogP contribution in [0.25, 0.3) is 0 Å². The molecule has 0 bridgehead atoms. The Morgan fingerprint density at radius 1 is 1.58 bits per heavy atom. The summed E-state index contributed by atoms with van der Waals surface area (Å²) >= 11 is 1.27. The van der Waals surface area contributed by atoms with Gasteiger partial charge in [-0.3, -0.25) is 9.59 Å². The summed E-state index contributed by atoms with van der Waals surface area (Å²) in [6.07, 6.45) is 0.666. The lowest BCUT2D eigenvalue weighted by Crippen LogP contribution is -2.36. The van der Waals surface area contributed by atoms with Crippen LogP contribution in [-0.2, 0) is 9.59 Å². The van der Waals surface area contributed by atoms with E-state index in [0.29, 0.717) is 13.0 Å². The normalized spacial score (nSPS) is 28.8. The summed E-state index contributed by atoms with van der Waals surface area (Å²) in [5, 5.41) is 3.26. The minimum Gasteiger partial charge on any atom is -0.368 e. The lowest BCUT2D eigenvalue weighted by Gasteiger charge is -2.04. The van der Waals surface area contributed by atoms with Crippen LogP contribution in [0.4, 0.5) is 0 Å². The average Bonchev–Trinajstić information content (AvgIpc) is 2.34. The van der Waals surface area contributed by atoms with E-state index in [1.807, 2.05) is 0 Å². The topological polar surface area (TPSA) is 72.2 Å². The molecular formula is C7H12N2O2S. The molecule has 1 fully saturated rings. The van der Waals surface area contributed by atoms with E-state index in [9.17, 15) is 9.59 Å². The van der Waals surface area contributed by atoms with Crippen molar-refractivity contribution in [1.82, 2.24) is 5.32 Å². The van der Waals surface area contributed by atoms with Crippen LogP contribution in [-0.4, -0.2) is 28.9 Å². The van der Waals surface area contributed by atoms with Crippen LogP contribution in [0.3, 0.4) is 0 Å². The Labute approximate surface area is 75.3 Å². The third kappa shape index (κ3) is 2.49. The molecule has 1 amide bonds. The van der Waals surface area contributed by atoms with Crippen molar-refractivity contribution >= 4 is 22.8 Å². The summed E-state index contributed by atoms with van der Waals surface area (Å²) in [4.78, 5) is 21.4. The molecule has 1 aliphatic rings. The maximum Gasteiger partial charge on any atom is 0.234 e. The highest BCUT2D eigenvalue weighted by molar-refractivity contribution is 8.14. The van der Waals surface area contributed by atoms with Gasteiger partial charge >= 0.3 is 0 Å². The Morgan fingerprint density at radius 3 is 2.67 bits per heavy atom. The van der Waals surface area contributed by atoms with E-state index in [-0.39, 0.29) is 22.3 Å². The summed E-state index contributed by atoms with van der Waals surface area (Å²) in [7, 11) is 0. The van der Waals surface area contributed by atoms with Gasteiger partial charge in [-0.25, -0.2) is 0 Å². The van der Waals surface area contributed by atoms with E-state index in [0.717, 1.165) is 0 Å². The first-order valence-electron chi connectivity index (χ1n) is 3.79. The van der Waals surface area contributed by atoms with Crippen LogP contribution >= 0.6 is 11.8 Å². The maximum absolute atomic E-state index is 10.7. The largest absolute Gasteiger partial charge is 0.368 e. The van der Waals surface area contributed by atoms with Crippen molar-refractivity contribution in [3.8, 4) is 0 Å². The molecule has 2 unspecified atom stereocenters. The molecule has 68 valence electrons. The molecule has 1 saturated heterocycles. The summed E-state index contributed by atoms with van der Waals surface area (Å²) in [5.41, 5.74) is 5.10. The van der Waals surface area contributed by atoms with Crippen LogP contribution in [0.1, 0.15) is 13.3 Å². The molecule has 0 saturated carbocycles. The highest BCUT2D eigenvalue weighted by Gasteiger charge is 2.28. The minimum atomic E-state index is -0.332. The standard InChI is InChI=1S/C7H12N2O2S/c1-4(10)12-5-2-6(7(8)11)9-3-5/h5-6,9H,2-3H2,1H3,(H2,8,11). The Bertz CT molecular complexity index is 208. The first-order chi connectivity index (χ1) is 5.59. The van der Waals surface area contributed by atoms with Crippen LogP contribution in [0.5, 0.6) is 0 Å². The van der Waals surface area contributed by atoms with Gasteiger partial charge in [0, 0.05) is 18.7 Å². The second-order valence-corrected chi connectivity index (χ2v) is 4.31. The number of amides is 1. The Morgan fingerprint density at radius 2 is 2.25 bits per heavy atom. The number of primary amides is 1. The van der Waals surface area contributed by atoms with E-state index in [2.05, 4.69) is 5.32 Å². The molecule has 0 aliphatic carbocycles. The van der Waals surface area contributed by atoms with Gasteiger partial charge < -0.3 is 11.1 Å². The van der Waals surface area contributed by atoms with Gasteiger partial charge in [0.05, 0.1) is 6.04 Å². The van der Waals surface area contributed by atoms with Gasteiger partial charge in [0.25, 0.3) is 0 Å². The molecule has 0 aromatic rings. The number of hydrogen-bond acceptors (Lipinski definition) is 4. The quantitative estimate of drug-likeness (QED) is 0.611. The fraction of sp³-hybridized carbons (Fsp3) is 0.714. The zero-order valence-electron chi connectivity index (χ0n) is 6.87. The fourth-order valence-corrected chi connectivity index (χ4v) is 2.18. The first kappa shape index (κ1) is 9.54. The van der Waals surface area contributed by atoms with Crippen molar-refractivity contribution in [1.29, 1.82) is 0 Å². The van der Waals surface area contributed by atoms with E-state index in [1.54, 1.807) is 0 Å². The SMILES string of the molecule is CC(=O)SC1CNC(C(N)=O)C1. The molecule has 12 heavy (non-hydrogen) atoms. The van der Waals surface area contributed by atoms with Crippen molar-refractivity contribution in [3.05, 3.63) is 0 Å². The average molecular weight is 188 g/mol. The third-order valence-electron chi connectivity index (χ3n) is 1.77. The molecule has 0 aromatic carbocycles. The zero-order chi connectivity index (χ0) is 9.14. The van der Waals surface area contributed by atoms with Crippen LogP contribution in [0.2, 0.25) is 0 Å². The van der Waals surface area contributed by atoms with Crippen molar-refractivity contribution in [2.45, 2.75) is 24.6 Å². The number of nitrogens with one attached hydrogen (secondary N) is 1. The summed E-state index contributed by atoms with van der Waals surface area (Å²) in [6.45, 7) is 2.22. The van der Waals surface area contributed by atoms with E-state index in [1.165, 1.54) is 18.7 Å². The highest BCUT2D eigenvalue weighted by Crippen LogP contribution is 2.21. The van der Waals surface area contributed by atoms with Gasteiger partial charge in [-0.2, -0.15) is 0 Å². The molecule has 0 radical (unpaired) electrons. The Balaban J connectivity index is 2.35. The Kier molecular flexibility index (Phi) is 3.11. The summed E-state index contributed by atoms with van der Waals surface area (Å²) < 4.78 is 0. The van der Waals surface area contributed by atoms with Crippen LogP contribution < -0.4 is 11.1 Å². The molecule has 0 aromatic heterocycles. The van der Waals surface area contributed by atoms with Gasteiger partial charge in [0.1, 0.15) is 0 Å². The van der Waals surface area contributed by atoms with Gasteiger partial charge in [0.15, 0.2) is 5.12 Å². The molecule has 2 atom stereocenters. The summed E-state index contributed by atoms with van der Waals surface area (Å²) in [5.74, 6) is -0.332. The fourth-order valence-electron chi connectivity index (χ4n) is 1.24. The predicted molar refractivity (Wildman–Crippen MR) is 47.7 cm³/mol. The number of carbonyl (C=O) groups excluding carboxylic acids is 2. The third-order valence-corrected chi connectivity index (χ3v) is 2.79. The molecular weight excluding hydrogens is 176 g/mol. The first-order valence-corrected chi connectivity index (χ1v) is 4.67. The molecule has 5 heteroatoms. The van der Waals surface area contributed by atoms with Gasteiger partial charge in [0.2, 0.25) is 5.91 Å². The molecule has 1 aliphatic heterocycles. The van der Waals surface area contributed by atoms with Crippen LogP contribution in [0, 0.1) is 0 Å². The number of carbonyl (C=O) groups is 2. The predicted octanol–water partition coefficient (Wildman–Crippen LogP) is -0.518. The van der Waals surface area contributed by atoms with E-state index < -0.39 is 0 Å². The molecule has 3 N–H and O–H groups in total. The van der Waals surface area contributed by atoms with Gasteiger partial charge in [-0.05, 0) is 6.42 Å². The van der Waals surface area contributed by atoms with Gasteiger partial charge in [-0.15, -0.1) is 0 Å². The lowest BCUT2D eigenvalue weighted by molar-refractivity contribution is -0.119. The number of hydrogen-bond donors (Lipinski definition) is 2.